The third-order valence-electron chi connectivity index (χ3n) is 3.46. The van der Waals surface area contributed by atoms with Crippen LogP contribution in [0.15, 0.2) is 60.0 Å². The molecular weight excluding hydrogens is 330 g/mol. The third kappa shape index (κ3) is 3.29. The molecule has 0 saturated carbocycles. The number of para-hydroxylation sites is 1. The summed E-state index contributed by atoms with van der Waals surface area (Å²) in [5.41, 5.74) is 3.05. The summed E-state index contributed by atoms with van der Waals surface area (Å²) in [5, 5.41) is 11.2. The summed E-state index contributed by atoms with van der Waals surface area (Å²) in [7, 11) is 0. The van der Waals surface area contributed by atoms with E-state index < -0.39 is 11.3 Å². The smallest absolute Gasteiger partial charge is 0.115 e. The summed E-state index contributed by atoms with van der Waals surface area (Å²) in [6, 6.07) is 16.0. The number of benzene rings is 2. The zero-order valence-electron chi connectivity index (χ0n) is 12.3. The molecule has 1 N–H and O–H groups in total. The van der Waals surface area contributed by atoms with E-state index in [4.69, 9.17) is 0 Å². The summed E-state index contributed by atoms with van der Waals surface area (Å²) in [6.45, 7) is 1.88. The second-order valence-corrected chi connectivity index (χ2v) is 6.72. The van der Waals surface area contributed by atoms with E-state index in [0.29, 0.717) is 11.4 Å². The van der Waals surface area contributed by atoms with Crippen molar-refractivity contribution in [3.05, 3.63) is 65.5 Å². The molecule has 118 valence electrons. The molecule has 1 atom stereocenters. The Hall–Kier alpha value is -2.15. The van der Waals surface area contributed by atoms with Crippen molar-refractivity contribution in [2.45, 2.75) is 6.92 Å². The minimum atomic E-state index is -2.41. The van der Waals surface area contributed by atoms with Crippen LogP contribution in [0, 0.1) is 6.92 Å². The van der Waals surface area contributed by atoms with Gasteiger partial charge in [0, 0.05) is 10.3 Å². The van der Waals surface area contributed by atoms with E-state index >= 15 is 0 Å². The predicted molar refractivity (Wildman–Crippen MR) is 93.7 cm³/mol. The molecule has 2 aromatic carbocycles. The third-order valence-corrected chi connectivity index (χ3v) is 5.13. The molecule has 0 aliphatic heterocycles. The van der Waals surface area contributed by atoms with Crippen molar-refractivity contribution < 1.29 is 13.9 Å². The summed E-state index contributed by atoms with van der Waals surface area (Å²) >= 11 is -0.954. The molecule has 6 heteroatoms. The van der Waals surface area contributed by atoms with Gasteiger partial charge in [-0.2, -0.15) is 0 Å². The lowest BCUT2D eigenvalue weighted by Crippen LogP contribution is -2.19. The van der Waals surface area contributed by atoms with Crippen LogP contribution in [0.3, 0.4) is 0 Å². The molecule has 0 amide bonds. The highest BCUT2D eigenvalue weighted by atomic mass is 32.2. The number of nitrogens with zero attached hydrogens (tertiary/aromatic N) is 1. The van der Waals surface area contributed by atoms with Gasteiger partial charge in [0.15, 0.2) is 0 Å². The lowest BCUT2D eigenvalue weighted by atomic mass is 10.1. The molecule has 0 fully saturated rings. The van der Waals surface area contributed by atoms with Crippen molar-refractivity contribution >= 4 is 34.0 Å². The van der Waals surface area contributed by atoms with Crippen molar-refractivity contribution in [2.75, 3.05) is 4.31 Å². The highest BCUT2D eigenvalue weighted by Crippen LogP contribution is 2.37. The molecule has 1 unspecified atom stereocenters. The minimum Gasteiger partial charge on any atom is -0.755 e. The fourth-order valence-corrected chi connectivity index (χ4v) is 3.90. The zero-order valence-corrected chi connectivity index (χ0v) is 13.9. The highest BCUT2D eigenvalue weighted by Gasteiger charge is 2.15. The van der Waals surface area contributed by atoms with Gasteiger partial charge in [-0.1, -0.05) is 18.2 Å². The van der Waals surface area contributed by atoms with Gasteiger partial charge in [-0.15, -0.1) is 11.3 Å². The first-order chi connectivity index (χ1) is 11.1. The molecule has 0 aliphatic carbocycles. The van der Waals surface area contributed by atoms with Gasteiger partial charge in [0.05, 0.1) is 22.6 Å². The molecule has 4 nitrogen and oxygen atoms in total. The Kier molecular flexibility index (Phi) is 4.47. The Bertz CT molecular complexity index is 843. The number of phenols is 1. The normalized spacial score (nSPS) is 12.1. The van der Waals surface area contributed by atoms with Crippen LogP contribution in [0.4, 0.5) is 11.4 Å². The van der Waals surface area contributed by atoms with Crippen molar-refractivity contribution in [2.24, 2.45) is 0 Å². The summed E-state index contributed by atoms with van der Waals surface area (Å²) < 4.78 is 24.8. The molecule has 1 aromatic heterocycles. The standard InChI is InChI=1S/C17H15NO3S2/c1-12-4-2-3-5-16(12)18(23(20)21)14-10-17(22-11-14)13-6-8-15(19)9-7-13/h2-11,19H,1H3,(H,20,21)/p-1. The van der Waals surface area contributed by atoms with E-state index in [2.05, 4.69) is 0 Å². The maximum Gasteiger partial charge on any atom is 0.115 e. The lowest BCUT2D eigenvalue weighted by molar-refractivity contribution is 0.475. The van der Waals surface area contributed by atoms with Gasteiger partial charge in [-0.05, 0) is 54.4 Å². The molecule has 0 spiro atoms. The van der Waals surface area contributed by atoms with Crippen LogP contribution in [0.25, 0.3) is 10.4 Å². The largest absolute Gasteiger partial charge is 0.755 e. The van der Waals surface area contributed by atoms with E-state index in [1.54, 1.807) is 30.3 Å². The number of phenolic OH excluding ortho intramolecular Hbond substituents is 1. The van der Waals surface area contributed by atoms with Crippen LogP contribution in [-0.2, 0) is 11.3 Å². The van der Waals surface area contributed by atoms with Gasteiger partial charge < -0.3 is 9.66 Å². The topological polar surface area (TPSA) is 63.6 Å². The number of hydrogen-bond acceptors (Lipinski definition) is 4. The summed E-state index contributed by atoms with van der Waals surface area (Å²) in [4.78, 5) is 0.934. The van der Waals surface area contributed by atoms with Gasteiger partial charge in [0.1, 0.15) is 5.75 Å². The van der Waals surface area contributed by atoms with Crippen molar-refractivity contribution in [3.8, 4) is 16.2 Å². The first-order valence-corrected chi connectivity index (χ1v) is 8.80. The molecule has 1 heterocycles. The number of aromatic hydroxyl groups is 1. The van der Waals surface area contributed by atoms with E-state index in [1.807, 2.05) is 36.6 Å². The van der Waals surface area contributed by atoms with Crippen molar-refractivity contribution in [1.29, 1.82) is 0 Å². The van der Waals surface area contributed by atoms with E-state index in [9.17, 15) is 13.9 Å². The average molecular weight is 344 g/mol. The minimum absolute atomic E-state index is 0.202. The van der Waals surface area contributed by atoms with Crippen LogP contribution in [0.1, 0.15) is 5.56 Å². The van der Waals surface area contributed by atoms with Gasteiger partial charge in [-0.3, -0.25) is 8.51 Å². The predicted octanol–water partition coefficient (Wildman–Crippen LogP) is 4.36. The van der Waals surface area contributed by atoms with E-state index in [-0.39, 0.29) is 5.75 Å². The first-order valence-electron chi connectivity index (χ1n) is 6.89. The van der Waals surface area contributed by atoms with Crippen LogP contribution in [-0.4, -0.2) is 13.9 Å². The SMILES string of the molecule is Cc1ccccc1N(c1csc(-c2ccc(O)cc2)c1)S(=O)[O-]. The molecular formula is C17H14NO3S2-. The van der Waals surface area contributed by atoms with Crippen LogP contribution in [0.2, 0.25) is 0 Å². The number of rotatable bonds is 4. The summed E-state index contributed by atoms with van der Waals surface area (Å²) in [5.74, 6) is 0.202. The molecule has 0 saturated heterocycles. The fourth-order valence-electron chi connectivity index (χ4n) is 2.31. The van der Waals surface area contributed by atoms with E-state index in [0.717, 1.165) is 16.0 Å². The number of aryl methyl sites for hydroxylation is 1. The summed E-state index contributed by atoms with van der Waals surface area (Å²) in [6.07, 6.45) is 0. The number of hydrogen-bond donors (Lipinski definition) is 1. The van der Waals surface area contributed by atoms with Crippen molar-refractivity contribution in [1.82, 2.24) is 0 Å². The number of anilines is 2. The van der Waals surface area contributed by atoms with Gasteiger partial charge in [0.25, 0.3) is 0 Å². The molecule has 0 bridgehead atoms. The zero-order chi connectivity index (χ0) is 16.4. The van der Waals surface area contributed by atoms with E-state index in [1.165, 1.54) is 15.6 Å². The monoisotopic (exact) mass is 344 g/mol. The maximum atomic E-state index is 11.7. The first kappa shape index (κ1) is 15.7. The Balaban J connectivity index is 2.01. The van der Waals surface area contributed by atoms with Crippen LogP contribution < -0.4 is 4.31 Å². The van der Waals surface area contributed by atoms with Crippen LogP contribution >= 0.6 is 11.3 Å². The fraction of sp³-hybridized carbons (Fsp3) is 0.0588. The lowest BCUT2D eigenvalue weighted by Gasteiger charge is -2.26. The molecule has 3 rings (SSSR count). The van der Waals surface area contributed by atoms with Crippen LogP contribution in [0.5, 0.6) is 5.75 Å². The Morgan fingerprint density at radius 2 is 1.83 bits per heavy atom. The Morgan fingerprint density at radius 1 is 1.13 bits per heavy atom. The molecule has 23 heavy (non-hydrogen) atoms. The number of thiophene rings is 1. The Labute approximate surface area is 141 Å². The molecule has 0 radical (unpaired) electrons. The maximum absolute atomic E-state index is 11.7. The Morgan fingerprint density at radius 3 is 2.48 bits per heavy atom. The van der Waals surface area contributed by atoms with Crippen molar-refractivity contribution in [3.63, 3.8) is 0 Å². The second kappa shape index (κ2) is 6.54. The quantitative estimate of drug-likeness (QED) is 0.715. The van der Waals surface area contributed by atoms with Gasteiger partial charge >= 0.3 is 0 Å². The average Bonchev–Trinajstić information content (AvgIpc) is 2.99. The molecule has 0 aliphatic rings. The van der Waals surface area contributed by atoms with Gasteiger partial charge in [-0.25, -0.2) is 0 Å². The van der Waals surface area contributed by atoms with Gasteiger partial charge in [0.2, 0.25) is 0 Å². The second-order valence-electron chi connectivity index (χ2n) is 5.01. The molecule has 3 aromatic rings. The highest BCUT2D eigenvalue weighted by molar-refractivity contribution is 7.81.